The summed E-state index contributed by atoms with van der Waals surface area (Å²) in [7, 11) is 2.02. The number of carbonyl (C=O) groups excluding carboxylic acids is 1. The van der Waals surface area contributed by atoms with Gasteiger partial charge in [0.05, 0.1) is 0 Å². The summed E-state index contributed by atoms with van der Waals surface area (Å²) in [5.74, 6) is 0.878. The van der Waals surface area contributed by atoms with Crippen molar-refractivity contribution in [3.8, 4) is 0 Å². The Kier molecular flexibility index (Phi) is 8.21. The summed E-state index contributed by atoms with van der Waals surface area (Å²) in [5, 5.41) is 6.58. The van der Waals surface area contributed by atoms with Gasteiger partial charge < -0.3 is 15.4 Å². The second-order valence-corrected chi connectivity index (χ2v) is 5.10. The predicted molar refractivity (Wildman–Crippen MR) is 66.4 cm³/mol. The zero-order chi connectivity index (χ0) is 12.4. The number of nitrogens with one attached hydrogen (secondary N) is 2. The van der Waals surface area contributed by atoms with Gasteiger partial charge in [0, 0.05) is 0 Å². The normalized spacial score (nSPS) is 20.6. The summed E-state index contributed by atoms with van der Waals surface area (Å²) in [6.07, 6.45) is 2.75. The molecular weight excluding hydrogens is 204 g/mol. The van der Waals surface area contributed by atoms with E-state index in [1.807, 2.05) is 27.8 Å². The lowest BCUT2D eigenvalue weighted by molar-refractivity contribution is -0.138. The summed E-state index contributed by atoms with van der Waals surface area (Å²) in [5.41, 5.74) is -0.318. The molecule has 4 nitrogen and oxygen atoms in total. The maximum atomic E-state index is 9.60. The van der Waals surface area contributed by atoms with Crippen LogP contribution in [0.1, 0.15) is 33.6 Å². The lowest BCUT2D eigenvalue weighted by Crippen LogP contribution is -2.34. The van der Waals surface area contributed by atoms with Gasteiger partial charge in [0.25, 0.3) is 6.47 Å². The maximum absolute atomic E-state index is 9.60. The molecule has 0 spiro atoms. The van der Waals surface area contributed by atoms with Gasteiger partial charge in [-0.25, -0.2) is 0 Å². The molecule has 2 N–H and O–H groups in total. The molecule has 1 unspecified atom stereocenters. The SMILES string of the molecule is CC(C)(C)OC=O.CNCC1CCCNC1. The first-order valence-corrected chi connectivity index (χ1v) is 5.96. The lowest BCUT2D eigenvalue weighted by Gasteiger charge is -2.21. The molecule has 1 rings (SSSR count). The Morgan fingerprint density at radius 1 is 1.50 bits per heavy atom. The molecule has 1 aliphatic rings. The minimum absolute atomic E-state index is 0.318. The highest BCUT2D eigenvalue weighted by atomic mass is 16.5. The van der Waals surface area contributed by atoms with E-state index in [4.69, 9.17) is 0 Å². The molecule has 1 atom stereocenters. The average Bonchev–Trinajstić information content (AvgIpc) is 2.19. The van der Waals surface area contributed by atoms with Crippen LogP contribution < -0.4 is 10.6 Å². The molecule has 1 saturated heterocycles. The molecule has 1 aliphatic heterocycles. The van der Waals surface area contributed by atoms with Crippen molar-refractivity contribution in [3.05, 3.63) is 0 Å². The highest BCUT2D eigenvalue weighted by molar-refractivity contribution is 5.37. The van der Waals surface area contributed by atoms with Gasteiger partial charge in [-0.05, 0) is 66.2 Å². The van der Waals surface area contributed by atoms with Crippen molar-refractivity contribution in [1.29, 1.82) is 0 Å². The van der Waals surface area contributed by atoms with Gasteiger partial charge in [0.1, 0.15) is 5.60 Å². The summed E-state index contributed by atoms with van der Waals surface area (Å²) >= 11 is 0. The molecule has 0 aromatic carbocycles. The first kappa shape index (κ1) is 15.4. The lowest BCUT2D eigenvalue weighted by atomic mass is 10.00. The summed E-state index contributed by atoms with van der Waals surface area (Å²) in [6, 6.07) is 0. The van der Waals surface area contributed by atoms with E-state index in [2.05, 4.69) is 15.4 Å². The molecule has 96 valence electrons. The van der Waals surface area contributed by atoms with Gasteiger partial charge in [-0.1, -0.05) is 0 Å². The Labute approximate surface area is 99.1 Å². The first-order valence-electron chi connectivity index (χ1n) is 5.96. The number of carbonyl (C=O) groups is 1. The van der Waals surface area contributed by atoms with E-state index in [1.165, 1.54) is 32.5 Å². The van der Waals surface area contributed by atoms with E-state index in [1.54, 1.807) is 0 Å². The van der Waals surface area contributed by atoms with E-state index < -0.39 is 0 Å². The van der Waals surface area contributed by atoms with Crippen molar-refractivity contribution in [2.45, 2.75) is 39.2 Å². The largest absolute Gasteiger partial charge is 0.462 e. The zero-order valence-corrected chi connectivity index (χ0v) is 11.0. The molecule has 0 amide bonds. The van der Waals surface area contributed by atoms with Gasteiger partial charge in [-0.2, -0.15) is 0 Å². The highest BCUT2D eigenvalue weighted by Gasteiger charge is 2.10. The molecule has 0 aromatic rings. The monoisotopic (exact) mass is 230 g/mol. The van der Waals surface area contributed by atoms with Crippen LogP contribution in [0.5, 0.6) is 0 Å². The van der Waals surface area contributed by atoms with Crippen molar-refractivity contribution >= 4 is 6.47 Å². The van der Waals surface area contributed by atoms with E-state index in [0.29, 0.717) is 6.47 Å². The van der Waals surface area contributed by atoms with Crippen molar-refractivity contribution in [2.75, 3.05) is 26.7 Å². The Bertz CT molecular complexity index is 170. The number of piperidine rings is 1. The molecular formula is C12H26N2O2. The van der Waals surface area contributed by atoms with Crippen LogP contribution in [0.15, 0.2) is 0 Å². The minimum atomic E-state index is -0.318. The third-order valence-electron chi connectivity index (χ3n) is 2.29. The Hall–Kier alpha value is -0.610. The van der Waals surface area contributed by atoms with Crippen LogP contribution in [-0.2, 0) is 9.53 Å². The predicted octanol–water partition coefficient (Wildman–Crippen LogP) is 1.16. The van der Waals surface area contributed by atoms with Gasteiger partial charge in [-0.15, -0.1) is 0 Å². The Balaban J connectivity index is 0.000000293. The van der Waals surface area contributed by atoms with Gasteiger partial charge in [0.2, 0.25) is 0 Å². The average molecular weight is 230 g/mol. The van der Waals surface area contributed by atoms with Crippen LogP contribution >= 0.6 is 0 Å². The molecule has 0 aliphatic carbocycles. The zero-order valence-electron chi connectivity index (χ0n) is 11.0. The fraction of sp³-hybridized carbons (Fsp3) is 0.917. The second-order valence-electron chi connectivity index (χ2n) is 5.10. The fourth-order valence-electron chi connectivity index (χ4n) is 1.53. The quantitative estimate of drug-likeness (QED) is 0.714. The molecule has 0 radical (unpaired) electrons. The topological polar surface area (TPSA) is 50.4 Å². The van der Waals surface area contributed by atoms with Gasteiger partial charge in [0.15, 0.2) is 0 Å². The van der Waals surface area contributed by atoms with Crippen LogP contribution in [0.4, 0.5) is 0 Å². The smallest absolute Gasteiger partial charge is 0.293 e. The summed E-state index contributed by atoms with van der Waals surface area (Å²) in [4.78, 5) is 9.60. The third kappa shape index (κ3) is 9.93. The first-order chi connectivity index (χ1) is 7.49. The highest BCUT2D eigenvalue weighted by Crippen LogP contribution is 2.07. The fourth-order valence-corrected chi connectivity index (χ4v) is 1.53. The van der Waals surface area contributed by atoms with E-state index in [0.717, 1.165) is 5.92 Å². The van der Waals surface area contributed by atoms with E-state index in [-0.39, 0.29) is 5.60 Å². The third-order valence-corrected chi connectivity index (χ3v) is 2.29. The second kappa shape index (κ2) is 8.53. The maximum Gasteiger partial charge on any atom is 0.293 e. The van der Waals surface area contributed by atoms with Crippen LogP contribution in [0, 0.1) is 5.92 Å². The molecule has 0 bridgehead atoms. The summed E-state index contributed by atoms with van der Waals surface area (Å²) in [6.45, 7) is 9.53. The standard InChI is InChI=1S/C7H16N2.C5H10O2/c1-8-5-7-3-2-4-9-6-7;1-5(2,3)7-4-6/h7-9H,2-6H2,1H3;4H,1-3H3. The van der Waals surface area contributed by atoms with Crippen LogP contribution in [0.25, 0.3) is 0 Å². The number of hydrogen-bond donors (Lipinski definition) is 2. The molecule has 1 fully saturated rings. The van der Waals surface area contributed by atoms with Crippen LogP contribution in [0.2, 0.25) is 0 Å². The Morgan fingerprint density at radius 3 is 2.50 bits per heavy atom. The van der Waals surface area contributed by atoms with Crippen molar-refractivity contribution < 1.29 is 9.53 Å². The van der Waals surface area contributed by atoms with E-state index in [9.17, 15) is 4.79 Å². The molecule has 16 heavy (non-hydrogen) atoms. The summed E-state index contributed by atoms with van der Waals surface area (Å²) < 4.78 is 4.55. The van der Waals surface area contributed by atoms with Gasteiger partial charge >= 0.3 is 0 Å². The minimum Gasteiger partial charge on any atom is -0.462 e. The van der Waals surface area contributed by atoms with Gasteiger partial charge in [-0.3, -0.25) is 4.79 Å². The number of rotatable bonds is 3. The van der Waals surface area contributed by atoms with E-state index >= 15 is 0 Å². The molecule has 4 heteroatoms. The Morgan fingerprint density at radius 2 is 2.19 bits per heavy atom. The number of hydrogen-bond acceptors (Lipinski definition) is 4. The van der Waals surface area contributed by atoms with Crippen molar-refractivity contribution in [3.63, 3.8) is 0 Å². The number of ether oxygens (including phenoxy) is 1. The molecule has 1 heterocycles. The molecule has 0 saturated carbocycles. The van der Waals surface area contributed by atoms with Crippen LogP contribution in [0.3, 0.4) is 0 Å². The van der Waals surface area contributed by atoms with Crippen molar-refractivity contribution in [1.82, 2.24) is 10.6 Å². The molecule has 0 aromatic heterocycles. The van der Waals surface area contributed by atoms with Crippen LogP contribution in [-0.4, -0.2) is 38.8 Å². The van der Waals surface area contributed by atoms with Crippen molar-refractivity contribution in [2.24, 2.45) is 5.92 Å².